The molecule has 0 nitrogen and oxygen atoms in total. The first-order valence-corrected chi connectivity index (χ1v) is 5.61. The van der Waals surface area contributed by atoms with Gasteiger partial charge in [0, 0.05) is 0 Å². The smallest absolute Gasteiger partial charge is 0.00721 e. The summed E-state index contributed by atoms with van der Waals surface area (Å²) in [6.07, 6.45) is 3.78. The van der Waals surface area contributed by atoms with Crippen molar-refractivity contribution in [3.8, 4) is 0 Å². The van der Waals surface area contributed by atoms with Crippen LogP contribution in [0.3, 0.4) is 0 Å². The molecule has 0 amide bonds. The molecule has 13 heavy (non-hydrogen) atoms. The van der Waals surface area contributed by atoms with E-state index < -0.39 is 0 Å². The maximum absolute atomic E-state index is 4.28. The van der Waals surface area contributed by atoms with Gasteiger partial charge in [-0.3, -0.25) is 0 Å². The normalized spacial score (nSPS) is 12.8. The summed E-state index contributed by atoms with van der Waals surface area (Å²) in [7, 11) is 0. The lowest BCUT2D eigenvalue weighted by molar-refractivity contribution is 0.565. The topological polar surface area (TPSA) is 0 Å². The van der Waals surface area contributed by atoms with Crippen LogP contribution < -0.4 is 0 Å². The Morgan fingerprint density at radius 3 is 2.54 bits per heavy atom. The van der Waals surface area contributed by atoms with Crippen LogP contribution in [0.15, 0.2) is 30.3 Å². The van der Waals surface area contributed by atoms with Gasteiger partial charge in [0.1, 0.15) is 0 Å². The molecule has 1 aromatic rings. The lowest BCUT2D eigenvalue weighted by atomic mass is 10.0. The number of hydrogen-bond acceptors (Lipinski definition) is 1. The molecule has 0 heterocycles. The van der Waals surface area contributed by atoms with Crippen LogP contribution in [0.2, 0.25) is 0 Å². The fourth-order valence-electron chi connectivity index (χ4n) is 1.39. The van der Waals surface area contributed by atoms with Crippen molar-refractivity contribution in [3.63, 3.8) is 0 Å². The van der Waals surface area contributed by atoms with Crippen LogP contribution in [-0.4, -0.2) is 5.75 Å². The molecule has 0 bridgehead atoms. The van der Waals surface area contributed by atoms with Crippen LogP contribution in [0.25, 0.3) is 0 Å². The van der Waals surface area contributed by atoms with Crippen LogP contribution in [-0.2, 0) is 6.42 Å². The SMILES string of the molecule is CC(CS)CCCc1ccccc1. The third-order valence-corrected chi connectivity index (χ3v) is 2.94. The van der Waals surface area contributed by atoms with Crippen LogP contribution in [0.4, 0.5) is 0 Å². The molecule has 72 valence electrons. The lowest BCUT2D eigenvalue weighted by Gasteiger charge is -2.06. The molecule has 1 heteroatoms. The van der Waals surface area contributed by atoms with Crippen molar-refractivity contribution in [3.05, 3.63) is 35.9 Å². The van der Waals surface area contributed by atoms with E-state index in [4.69, 9.17) is 0 Å². The minimum Gasteiger partial charge on any atom is -0.179 e. The number of benzene rings is 1. The highest BCUT2D eigenvalue weighted by atomic mass is 32.1. The lowest BCUT2D eigenvalue weighted by Crippen LogP contribution is -1.96. The zero-order valence-electron chi connectivity index (χ0n) is 8.24. The van der Waals surface area contributed by atoms with Gasteiger partial charge in [-0.1, -0.05) is 37.3 Å². The molecule has 1 unspecified atom stereocenters. The number of rotatable bonds is 5. The second kappa shape index (κ2) is 6.09. The van der Waals surface area contributed by atoms with E-state index in [2.05, 4.69) is 49.9 Å². The van der Waals surface area contributed by atoms with Gasteiger partial charge < -0.3 is 0 Å². The van der Waals surface area contributed by atoms with Gasteiger partial charge in [-0.2, -0.15) is 12.6 Å². The highest BCUT2D eigenvalue weighted by molar-refractivity contribution is 7.80. The molecule has 1 atom stereocenters. The van der Waals surface area contributed by atoms with Gasteiger partial charge in [0.15, 0.2) is 0 Å². The minimum atomic E-state index is 0.757. The van der Waals surface area contributed by atoms with Crippen molar-refractivity contribution in [2.75, 3.05) is 5.75 Å². The molecule has 0 aliphatic carbocycles. The molecular formula is C12H18S. The van der Waals surface area contributed by atoms with E-state index >= 15 is 0 Å². The summed E-state index contributed by atoms with van der Waals surface area (Å²) in [4.78, 5) is 0. The second-order valence-electron chi connectivity index (χ2n) is 3.67. The Labute approximate surface area is 86.8 Å². The van der Waals surface area contributed by atoms with E-state index in [9.17, 15) is 0 Å². The van der Waals surface area contributed by atoms with Crippen molar-refractivity contribution in [1.29, 1.82) is 0 Å². The molecule has 0 radical (unpaired) electrons. The van der Waals surface area contributed by atoms with Crippen molar-refractivity contribution in [2.45, 2.75) is 26.2 Å². The Morgan fingerprint density at radius 1 is 1.23 bits per heavy atom. The molecule has 0 saturated heterocycles. The molecule has 0 spiro atoms. The molecule has 0 fully saturated rings. The maximum Gasteiger partial charge on any atom is -0.00721 e. The van der Waals surface area contributed by atoms with E-state index in [0.717, 1.165) is 11.7 Å². The van der Waals surface area contributed by atoms with E-state index in [1.807, 2.05) is 0 Å². The van der Waals surface area contributed by atoms with Crippen LogP contribution in [0.5, 0.6) is 0 Å². The monoisotopic (exact) mass is 194 g/mol. The average molecular weight is 194 g/mol. The quantitative estimate of drug-likeness (QED) is 0.681. The first-order valence-electron chi connectivity index (χ1n) is 4.97. The van der Waals surface area contributed by atoms with Crippen molar-refractivity contribution in [1.82, 2.24) is 0 Å². The molecule has 0 saturated carbocycles. The summed E-state index contributed by atoms with van der Waals surface area (Å²) in [5.74, 6) is 1.77. The minimum absolute atomic E-state index is 0.757. The van der Waals surface area contributed by atoms with Gasteiger partial charge in [0.2, 0.25) is 0 Å². The standard InChI is InChI=1S/C12H18S/c1-11(10-13)6-5-9-12-7-3-2-4-8-12/h2-4,7-8,11,13H,5-6,9-10H2,1H3. The highest BCUT2D eigenvalue weighted by Crippen LogP contribution is 2.10. The molecule has 0 aliphatic rings. The van der Waals surface area contributed by atoms with Gasteiger partial charge in [-0.15, -0.1) is 0 Å². The fraction of sp³-hybridized carbons (Fsp3) is 0.500. The van der Waals surface area contributed by atoms with Gasteiger partial charge in [-0.25, -0.2) is 0 Å². The Kier molecular flexibility index (Phi) is 4.99. The van der Waals surface area contributed by atoms with Crippen LogP contribution in [0, 0.1) is 5.92 Å². The average Bonchev–Trinajstić information content (AvgIpc) is 2.19. The largest absolute Gasteiger partial charge is 0.179 e. The summed E-state index contributed by atoms with van der Waals surface area (Å²) in [6.45, 7) is 2.26. The first kappa shape index (κ1) is 10.6. The Bertz CT molecular complexity index is 218. The third-order valence-electron chi connectivity index (χ3n) is 2.32. The Balaban J connectivity index is 2.20. The molecule has 1 rings (SSSR count). The van der Waals surface area contributed by atoms with Crippen LogP contribution >= 0.6 is 12.6 Å². The van der Waals surface area contributed by atoms with Gasteiger partial charge in [0.25, 0.3) is 0 Å². The van der Waals surface area contributed by atoms with Crippen LogP contribution in [0.1, 0.15) is 25.3 Å². The maximum atomic E-state index is 4.28. The zero-order valence-corrected chi connectivity index (χ0v) is 9.13. The Morgan fingerprint density at radius 2 is 1.92 bits per heavy atom. The molecule has 0 aromatic heterocycles. The second-order valence-corrected chi connectivity index (χ2v) is 4.03. The molecule has 0 N–H and O–H groups in total. The predicted molar refractivity (Wildman–Crippen MR) is 62.4 cm³/mol. The predicted octanol–water partition coefficient (Wildman–Crippen LogP) is 3.58. The van der Waals surface area contributed by atoms with E-state index in [1.165, 1.54) is 24.8 Å². The summed E-state index contributed by atoms with van der Waals surface area (Å²) < 4.78 is 0. The number of thiol groups is 1. The van der Waals surface area contributed by atoms with E-state index in [1.54, 1.807) is 0 Å². The summed E-state index contributed by atoms with van der Waals surface area (Å²) >= 11 is 4.28. The number of aryl methyl sites for hydroxylation is 1. The zero-order chi connectivity index (χ0) is 9.52. The number of hydrogen-bond donors (Lipinski definition) is 1. The summed E-state index contributed by atoms with van der Waals surface area (Å²) in [5.41, 5.74) is 1.45. The van der Waals surface area contributed by atoms with Crippen molar-refractivity contribution in [2.24, 2.45) is 5.92 Å². The van der Waals surface area contributed by atoms with Crippen molar-refractivity contribution >= 4 is 12.6 Å². The van der Waals surface area contributed by atoms with Gasteiger partial charge in [-0.05, 0) is 36.5 Å². The van der Waals surface area contributed by atoms with Gasteiger partial charge >= 0.3 is 0 Å². The molecular weight excluding hydrogens is 176 g/mol. The van der Waals surface area contributed by atoms with Crippen molar-refractivity contribution < 1.29 is 0 Å². The third kappa shape index (κ3) is 4.37. The highest BCUT2D eigenvalue weighted by Gasteiger charge is 1.98. The van der Waals surface area contributed by atoms with Gasteiger partial charge in [0.05, 0.1) is 0 Å². The molecule has 0 aliphatic heterocycles. The molecule has 1 aromatic carbocycles. The fourth-order valence-corrected chi connectivity index (χ4v) is 1.57. The summed E-state index contributed by atoms with van der Waals surface area (Å²) in [5, 5.41) is 0. The Hall–Kier alpha value is -0.430. The first-order chi connectivity index (χ1) is 6.33. The van der Waals surface area contributed by atoms with E-state index in [0.29, 0.717) is 0 Å². The van der Waals surface area contributed by atoms with E-state index in [-0.39, 0.29) is 0 Å². The summed E-state index contributed by atoms with van der Waals surface area (Å²) in [6, 6.07) is 10.7.